The lowest BCUT2D eigenvalue weighted by atomic mass is 9.88. The van der Waals surface area contributed by atoms with E-state index in [1.54, 1.807) is 4.90 Å². The number of rotatable bonds is 2. The van der Waals surface area contributed by atoms with Crippen molar-refractivity contribution in [2.75, 3.05) is 19.6 Å². The van der Waals surface area contributed by atoms with E-state index in [-0.39, 0.29) is 11.8 Å². The third-order valence-electron chi connectivity index (χ3n) is 4.47. The molecule has 1 amide bonds. The molecule has 2 aliphatic heterocycles. The molecule has 5 nitrogen and oxygen atoms in total. The van der Waals surface area contributed by atoms with Gasteiger partial charge in [0.1, 0.15) is 0 Å². The van der Waals surface area contributed by atoms with Gasteiger partial charge in [0.2, 0.25) is 5.91 Å². The minimum atomic E-state index is -0.797. The van der Waals surface area contributed by atoms with Gasteiger partial charge in [-0.05, 0) is 24.0 Å². The number of fused-ring (bicyclic) bond motifs is 1. The zero-order chi connectivity index (χ0) is 14.8. The predicted molar refractivity (Wildman–Crippen MR) is 77.8 cm³/mol. The highest BCUT2D eigenvalue weighted by molar-refractivity contribution is 5.85. The Labute approximate surface area is 123 Å². The van der Waals surface area contributed by atoms with E-state index >= 15 is 0 Å². The average Bonchev–Trinajstić information content (AvgIpc) is 2.53. The molecule has 2 heterocycles. The maximum Gasteiger partial charge on any atom is 0.308 e. The van der Waals surface area contributed by atoms with Crippen LogP contribution in [0.25, 0.3) is 0 Å². The van der Waals surface area contributed by atoms with E-state index in [1.807, 2.05) is 24.3 Å². The summed E-state index contributed by atoms with van der Waals surface area (Å²) >= 11 is 0. The van der Waals surface area contributed by atoms with Gasteiger partial charge in [0.25, 0.3) is 0 Å². The third kappa shape index (κ3) is 2.78. The summed E-state index contributed by atoms with van der Waals surface area (Å²) in [5.41, 5.74) is 2.24. The summed E-state index contributed by atoms with van der Waals surface area (Å²) in [4.78, 5) is 25.7. The standard InChI is InChI=1S/C16H20N2O3/c19-15(18-7-3-5-12(10-18)16(20)21)14-9-17-8-11-4-1-2-6-13(11)14/h1-2,4,6,12,14,17H,3,5,7-10H2,(H,20,21). The van der Waals surface area contributed by atoms with Crippen LogP contribution in [0.1, 0.15) is 29.9 Å². The molecule has 21 heavy (non-hydrogen) atoms. The first-order valence-corrected chi connectivity index (χ1v) is 7.47. The van der Waals surface area contributed by atoms with Crippen molar-refractivity contribution in [1.29, 1.82) is 0 Å². The van der Waals surface area contributed by atoms with Crippen molar-refractivity contribution < 1.29 is 14.7 Å². The van der Waals surface area contributed by atoms with Crippen LogP contribution in [0.5, 0.6) is 0 Å². The fourth-order valence-electron chi connectivity index (χ4n) is 3.32. The van der Waals surface area contributed by atoms with E-state index in [0.29, 0.717) is 26.1 Å². The van der Waals surface area contributed by atoms with Crippen LogP contribution in [0.2, 0.25) is 0 Å². The Bertz CT molecular complexity index is 558. The van der Waals surface area contributed by atoms with Crippen molar-refractivity contribution in [3.63, 3.8) is 0 Å². The van der Waals surface area contributed by atoms with E-state index in [4.69, 9.17) is 5.11 Å². The van der Waals surface area contributed by atoms with Crippen LogP contribution in [0.4, 0.5) is 0 Å². The molecule has 0 aromatic heterocycles. The fraction of sp³-hybridized carbons (Fsp3) is 0.500. The van der Waals surface area contributed by atoms with Gasteiger partial charge < -0.3 is 15.3 Å². The van der Waals surface area contributed by atoms with Crippen molar-refractivity contribution >= 4 is 11.9 Å². The van der Waals surface area contributed by atoms with Crippen LogP contribution < -0.4 is 5.32 Å². The van der Waals surface area contributed by atoms with Gasteiger partial charge >= 0.3 is 5.97 Å². The van der Waals surface area contributed by atoms with Gasteiger partial charge in [-0.1, -0.05) is 24.3 Å². The largest absolute Gasteiger partial charge is 0.481 e. The lowest BCUT2D eigenvalue weighted by Gasteiger charge is -2.35. The topological polar surface area (TPSA) is 69.6 Å². The molecule has 0 saturated carbocycles. The molecule has 1 saturated heterocycles. The number of amides is 1. The molecule has 0 spiro atoms. The molecule has 1 aromatic carbocycles. The van der Waals surface area contributed by atoms with Gasteiger partial charge in [0.15, 0.2) is 0 Å². The highest BCUT2D eigenvalue weighted by Crippen LogP contribution is 2.27. The van der Waals surface area contributed by atoms with E-state index < -0.39 is 11.9 Å². The van der Waals surface area contributed by atoms with Crippen molar-refractivity contribution in [2.45, 2.75) is 25.3 Å². The van der Waals surface area contributed by atoms with E-state index in [1.165, 1.54) is 0 Å². The van der Waals surface area contributed by atoms with Gasteiger partial charge in [0.05, 0.1) is 11.8 Å². The van der Waals surface area contributed by atoms with E-state index in [0.717, 1.165) is 24.1 Å². The van der Waals surface area contributed by atoms with Crippen LogP contribution in [-0.2, 0) is 16.1 Å². The second-order valence-electron chi connectivity index (χ2n) is 5.84. The number of benzene rings is 1. The number of carboxylic acid groups (broad SMARTS) is 1. The molecule has 5 heteroatoms. The molecule has 0 aliphatic carbocycles. The van der Waals surface area contributed by atoms with Gasteiger partial charge in [-0.25, -0.2) is 0 Å². The number of hydrogen-bond donors (Lipinski definition) is 2. The molecule has 0 radical (unpaired) electrons. The normalized spacial score (nSPS) is 25.2. The number of nitrogens with one attached hydrogen (secondary N) is 1. The highest BCUT2D eigenvalue weighted by atomic mass is 16.4. The summed E-state index contributed by atoms with van der Waals surface area (Å²) < 4.78 is 0. The zero-order valence-electron chi connectivity index (χ0n) is 11.9. The number of hydrogen-bond acceptors (Lipinski definition) is 3. The third-order valence-corrected chi connectivity index (χ3v) is 4.47. The summed E-state index contributed by atoms with van der Waals surface area (Å²) in [6.07, 6.45) is 1.43. The summed E-state index contributed by atoms with van der Waals surface area (Å²) in [6, 6.07) is 7.99. The molecule has 0 bridgehead atoms. The molecular formula is C16H20N2O3. The van der Waals surface area contributed by atoms with Gasteiger partial charge in [-0.15, -0.1) is 0 Å². The predicted octanol–water partition coefficient (Wildman–Crippen LogP) is 1.20. The number of carbonyl (C=O) groups is 2. The lowest BCUT2D eigenvalue weighted by molar-refractivity contribution is -0.146. The van der Waals surface area contributed by atoms with Crippen molar-refractivity contribution in [3.8, 4) is 0 Å². The number of likely N-dealkylation sites (tertiary alicyclic amines) is 1. The molecular weight excluding hydrogens is 268 g/mol. The molecule has 1 aromatic rings. The second-order valence-corrected chi connectivity index (χ2v) is 5.84. The Morgan fingerprint density at radius 3 is 2.90 bits per heavy atom. The SMILES string of the molecule is O=C(O)C1CCCN(C(=O)C2CNCc3ccccc32)C1. The Hall–Kier alpha value is -1.88. The van der Waals surface area contributed by atoms with Crippen LogP contribution >= 0.6 is 0 Å². The van der Waals surface area contributed by atoms with Gasteiger partial charge in [-0.2, -0.15) is 0 Å². The number of aliphatic carboxylic acids is 1. The molecule has 2 atom stereocenters. The minimum Gasteiger partial charge on any atom is -0.481 e. The van der Waals surface area contributed by atoms with Crippen molar-refractivity contribution in [2.24, 2.45) is 5.92 Å². The second kappa shape index (κ2) is 5.85. The number of carboxylic acids is 1. The monoisotopic (exact) mass is 288 g/mol. The minimum absolute atomic E-state index is 0.0561. The summed E-state index contributed by atoms with van der Waals surface area (Å²) in [5, 5.41) is 12.4. The number of carbonyl (C=O) groups excluding carboxylic acids is 1. The zero-order valence-corrected chi connectivity index (χ0v) is 11.9. The molecule has 2 N–H and O–H groups in total. The molecule has 112 valence electrons. The molecule has 3 rings (SSSR count). The molecule has 2 unspecified atom stereocenters. The maximum absolute atomic E-state index is 12.8. The van der Waals surface area contributed by atoms with Crippen LogP contribution in [-0.4, -0.2) is 41.5 Å². The fourth-order valence-corrected chi connectivity index (χ4v) is 3.32. The average molecular weight is 288 g/mol. The van der Waals surface area contributed by atoms with Crippen molar-refractivity contribution in [3.05, 3.63) is 35.4 Å². The van der Waals surface area contributed by atoms with Crippen LogP contribution in [0.3, 0.4) is 0 Å². The Kier molecular flexibility index (Phi) is 3.92. The first kappa shape index (κ1) is 14.1. The smallest absolute Gasteiger partial charge is 0.308 e. The quantitative estimate of drug-likeness (QED) is 0.858. The lowest BCUT2D eigenvalue weighted by Crippen LogP contribution is -2.47. The summed E-state index contributed by atoms with van der Waals surface area (Å²) in [6.45, 7) is 2.43. The summed E-state index contributed by atoms with van der Waals surface area (Å²) in [5.74, 6) is -1.35. The summed E-state index contributed by atoms with van der Waals surface area (Å²) in [7, 11) is 0. The van der Waals surface area contributed by atoms with Gasteiger partial charge in [-0.3, -0.25) is 9.59 Å². The first-order valence-electron chi connectivity index (χ1n) is 7.47. The van der Waals surface area contributed by atoms with E-state index in [9.17, 15) is 9.59 Å². The van der Waals surface area contributed by atoms with Crippen LogP contribution in [0.15, 0.2) is 24.3 Å². The first-order chi connectivity index (χ1) is 10.2. The maximum atomic E-state index is 12.8. The van der Waals surface area contributed by atoms with Crippen LogP contribution in [0, 0.1) is 5.92 Å². The Morgan fingerprint density at radius 1 is 1.29 bits per heavy atom. The highest BCUT2D eigenvalue weighted by Gasteiger charge is 2.34. The van der Waals surface area contributed by atoms with Gasteiger partial charge in [0, 0.05) is 26.2 Å². The Morgan fingerprint density at radius 2 is 2.10 bits per heavy atom. The molecule has 1 fully saturated rings. The van der Waals surface area contributed by atoms with E-state index in [2.05, 4.69) is 5.32 Å². The van der Waals surface area contributed by atoms with Crippen molar-refractivity contribution in [1.82, 2.24) is 10.2 Å². The molecule has 2 aliphatic rings. The Balaban J connectivity index is 1.78. The number of nitrogens with zero attached hydrogens (tertiary/aromatic N) is 1. The number of piperidine rings is 1.